The van der Waals surface area contributed by atoms with E-state index in [4.69, 9.17) is 0 Å². The summed E-state index contributed by atoms with van der Waals surface area (Å²) >= 11 is 1.38. The number of alkyl halides is 3. The number of hydrogen-bond donors (Lipinski definition) is 3. The number of nitrogens with one attached hydrogen (secondary N) is 3. The average molecular weight is 561 g/mol. The molecule has 0 saturated heterocycles. The van der Waals surface area contributed by atoms with Gasteiger partial charge in [0.1, 0.15) is 22.5 Å². The number of rotatable bonds is 11. The molecular weight excluding hydrogens is 529 g/mol. The van der Waals surface area contributed by atoms with E-state index in [9.17, 15) is 22.8 Å². The van der Waals surface area contributed by atoms with E-state index in [0.717, 1.165) is 36.3 Å². The summed E-state index contributed by atoms with van der Waals surface area (Å²) in [5, 5.41) is 11.2. The van der Waals surface area contributed by atoms with E-state index in [2.05, 4.69) is 25.7 Å². The van der Waals surface area contributed by atoms with Gasteiger partial charge in [-0.25, -0.2) is 4.98 Å². The summed E-state index contributed by atoms with van der Waals surface area (Å²) in [4.78, 5) is 30.6. The number of aromatic nitrogens is 1. The molecule has 0 aliphatic heterocycles. The average Bonchev–Trinajstić information content (AvgIpc) is 3.42. The molecule has 1 atom stereocenters. The Kier molecular flexibility index (Phi) is 9.80. The van der Waals surface area contributed by atoms with Crippen molar-refractivity contribution in [3.05, 3.63) is 65.7 Å². The predicted octanol–water partition coefficient (Wildman–Crippen LogP) is 6.01. The Labute approximate surface area is 229 Å². The smallest absolute Gasteiger partial charge is 0.406 e. The van der Waals surface area contributed by atoms with Crippen LogP contribution >= 0.6 is 11.3 Å². The second kappa shape index (κ2) is 13.5. The van der Waals surface area contributed by atoms with E-state index in [-0.39, 0.29) is 29.8 Å². The molecule has 0 bridgehead atoms. The minimum Gasteiger partial charge on any atom is -0.406 e. The van der Waals surface area contributed by atoms with E-state index in [1.807, 2.05) is 30.3 Å². The summed E-state index contributed by atoms with van der Waals surface area (Å²) < 4.78 is 40.8. The Balaban J connectivity index is 1.31. The van der Waals surface area contributed by atoms with E-state index in [1.165, 1.54) is 42.0 Å². The normalized spacial score (nSPS) is 14.8. The molecule has 208 valence electrons. The molecule has 2 aromatic carbocycles. The van der Waals surface area contributed by atoms with Crippen molar-refractivity contribution in [1.29, 1.82) is 0 Å². The number of ether oxygens (including phenoxy) is 1. The van der Waals surface area contributed by atoms with Gasteiger partial charge in [0.05, 0.1) is 0 Å². The van der Waals surface area contributed by atoms with Crippen molar-refractivity contribution in [2.45, 2.75) is 50.9 Å². The third-order valence-corrected chi connectivity index (χ3v) is 7.41. The molecule has 0 unspecified atom stereocenters. The lowest BCUT2D eigenvalue weighted by Crippen LogP contribution is -2.48. The van der Waals surface area contributed by atoms with Gasteiger partial charge < -0.3 is 20.7 Å². The minimum absolute atomic E-state index is 0.269. The molecule has 11 heteroatoms. The molecule has 0 radical (unpaired) electrons. The highest BCUT2D eigenvalue weighted by atomic mass is 32.1. The van der Waals surface area contributed by atoms with Crippen LogP contribution in [-0.2, 0) is 4.79 Å². The fourth-order valence-corrected chi connectivity index (χ4v) is 5.41. The SMILES string of the molecule is O=C(N[C@@H](CC1CCCCC1)C(=O)NCCNc1ccc(OC(F)(F)F)cc1)c1csc(-c2ccccc2)n1. The maximum absolute atomic E-state index is 13.1. The summed E-state index contributed by atoms with van der Waals surface area (Å²) in [5.41, 5.74) is 1.79. The van der Waals surface area contributed by atoms with E-state index in [1.54, 1.807) is 5.38 Å². The topological polar surface area (TPSA) is 92.4 Å². The zero-order chi connectivity index (χ0) is 27.7. The Bertz CT molecular complexity index is 1210. The summed E-state index contributed by atoms with van der Waals surface area (Å²) in [7, 11) is 0. The molecule has 0 spiro atoms. The molecule has 1 aliphatic rings. The highest BCUT2D eigenvalue weighted by molar-refractivity contribution is 7.13. The van der Waals surface area contributed by atoms with Crippen molar-refractivity contribution in [2.75, 3.05) is 18.4 Å². The largest absolute Gasteiger partial charge is 0.573 e. The lowest BCUT2D eigenvalue weighted by Gasteiger charge is -2.26. The number of hydrogen-bond acceptors (Lipinski definition) is 6. The van der Waals surface area contributed by atoms with Crippen LogP contribution < -0.4 is 20.7 Å². The van der Waals surface area contributed by atoms with Gasteiger partial charge in [-0.15, -0.1) is 24.5 Å². The summed E-state index contributed by atoms with van der Waals surface area (Å²) in [6.07, 6.45) is 1.31. The molecule has 7 nitrogen and oxygen atoms in total. The van der Waals surface area contributed by atoms with E-state index in [0.29, 0.717) is 24.6 Å². The van der Waals surface area contributed by atoms with Crippen molar-refractivity contribution in [3.63, 3.8) is 0 Å². The maximum Gasteiger partial charge on any atom is 0.573 e. The molecule has 4 rings (SSSR count). The Hall–Kier alpha value is -3.60. The van der Waals surface area contributed by atoms with Gasteiger partial charge in [0, 0.05) is 29.7 Å². The summed E-state index contributed by atoms with van der Waals surface area (Å²) in [6.45, 7) is 0.618. The third kappa shape index (κ3) is 8.98. The number of amides is 2. The highest BCUT2D eigenvalue weighted by Crippen LogP contribution is 2.28. The molecule has 2 amide bonds. The van der Waals surface area contributed by atoms with Gasteiger partial charge in [0.25, 0.3) is 5.91 Å². The van der Waals surface area contributed by atoms with Gasteiger partial charge in [-0.2, -0.15) is 0 Å². The standard InChI is InChI=1S/C28H31F3N4O3S/c29-28(30,31)38-22-13-11-21(12-14-22)32-15-16-33-25(36)23(17-19-7-3-1-4-8-19)34-26(37)24-18-39-27(35-24)20-9-5-2-6-10-20/h2,5-6,9-14,18-19,23,32H,1,3-4,7-8,15-17H2,(H,33,36)(H,34,37)/t23-/m0/s1. The molecule has 3 aromatic rings. The van der Waals surface area contributed by atoms with Crippen LogP contribution in [0.25, 0.3) is 10.6 Å². The predicted molar refractivity (Wildman–Crippen MR) is 145 cm³/mol. The summed E-state index contributed by atoms with van der Waals surface area (Å²) in [6, 6.07) is 14.3. The van der Waals surface area contributed by atoms with Crippen molar-refractivity contribution in [2.24, 2.45) is 5.92 Å². The Morgan fingerprint density at radius 1 is 1.00 bits per heavy atom. The van der Waals surface area contributed by atoms with E-state index >= 15 is 0 Å². The first-order valence-corrected chi connectivity index (χ1v) is 13.8. The van der Waals surface area contributed by atoms with Crippen molar-refractivity contribution >= 4 is 28.8 Å². The fourth-order valence-electron chi connectivity index (χ4n) is 4.60. The second-order valence-electron chi connectivity index (χ2n) is 9.46. The number of carbonyl (C=O) groups is 2. The van der Waals surface area contributed by atoms with Crippen LogP contribution in [0.15, 0.2) is 60.0 Å². The molecule has 39 heavy (non-hydrogen) atoms. The number of nitrogens with zero attached hydrogens (tertiary/aromatic N) is 1. The van der Waals surface area contributed by atoms with E-state index < -0.39 is 12.4 Å². The van der Waals surface area contributed by atoms with Gasteiger partial charge in [0.15, 0.2) is 0 Å². The van der Waals surface area contributed by atoms with Crippen LogP contribution in [0.1, 0.15) is 49.0 Å². The molecular formula is C28H31F3N4O3S. The van der Waals surface area contributed by atoms with Crippen LogP contribution in [-0.4, -0.2) is 42.3 Å². The van der Waals surface area contributed by atoms with Gasteiger partial charge >= 0.3 is 6.36 Å². The first-order chi connectivity index (χ1) is 18.8. The molecule has 1 aromatic heterocycles. The monoisotopic (exact) mass is 560 g/mol. The van der Waals surface area contributed by atoms with Gasteiger partial charge in [0.2, 0.25) is 5.91 Å². The molecule has 3 N–H and O–H groups in total. The quantitative estimate of drug-likeness (QED) is 0.250. The molecule has 1 heterocycles. The Morgan fingerprint density at radius 2 is 1.72 bits per heavy atom. The first-order valence-electron chi connectivity index (χ1n) is 13.0. The second-order valence-corrected chi connectivity index (χ2v) is 10.3. The minimum atomic E-state index is -4.74. The number of benzene rings is 2. The van der Waals surface area contributed by atoms with Crippen LogP contribution in [0.3, 0.4) is 0 Å². The highest BCUT2D eigenvalue weighted by Gasteiger charge is 2.31. The fraction of sp³-hybridized carbons (Fsp3) is 0.393. The third-order valence-electron chi connectivity index (χ3n) is 6.51. The van der Waals surface area contributed by atoms with Gasteiger partial charge in [-0.05, 0) is 36.6 Å². The summed E-state index contributed by atoms with van der Waals surface area (Å²) in [5.74, 6) is -0.605. The number of anilines is 1. The van der Waals surface area contributed by atoms with Crippen molar-refractivity contribution in [3.8, 4) is 16.3 Å². The zero-order valence-electron chi connectivity index (χ0n) is 21.3. The molecule has 1 aliphatic carbocycles. The van der Waals surface area contributed by atoms with Gasteiger partial charge in [-0.1, -0.05) is 62.4 Å². The molecule has 1 fully saturated rings. The zero-order valence-corrected chi connectivity index (χ0v) is 22.1. The van der Waals surface area contributed by atoms with Crippen LogP contribution in [0, 0.1) is 5.92 Å². The van der Waals surface area contributed by atoms with Crippen molar-refractivity contribution < 1.29 is 27.5 Å². The van der Waals surface area contributed by atoms with Crippen LogP contribution in [0.5, 0.6) is 5.75 Å². The van der Waals surface area contributed by atoms with Crippen molar-refractivity contribution in [1.82, 2.24) is 15.6 Å². The number of thiazole rings is 1. The van der Waals surface area contributed by atoms with Gasteiger partial charge in [-0.3, -0.25) is 9.59 Å². The van der Waals surface area contributed by atoms with Crippen LogP contribution in [0.4, 0.5) is 18.9 Å². The number of carbonyl (C=O) groups excluding carboxylic acids is 2. The lowest BCUT2D eigenvalue weighted by atomic mass is 9.84. The first kappa shape index (κ1) is 28.4. The maximum atomic E-state index is 13.1. The Morgan fingerprint density at radius 3 is 2.41 bits per heavy atom. The lowest BCUT2D eigenvalue weighted by molar-refractivity contribution is -0.274. The molecule has 1 saturated carbocycles. The van der Waals surface area contributed by atoms with Crippen LogP contribution in [0.2, 0.25) is 0 Å². The number of halogens is 3.